The molecule has 2 heterocycles. The van der Waals surface area contributed by atoms with Gasteiger partial charge in [0.2, 0.25) is 0 Å². The van der Waals surface area contributed by atoms with Crippen LogP contribution >= 0.6 is 0 Å². The predicted octanol–water partition coefficient (Wildman–Crippen LogP) is 4.37. The van der Waals surface area contributed by atoms with Gasteiger partial charge in [-0.3, -0.25) is 0 Å². The van der Waals surface area contributed by atoms with Crippen LogP contribution in [0.5, 0.6) is 0 Å². The average molecular weight is 335 g/mol. The van der Waals surface area contributed by atoms with Gasteiger partial charge in [-0.15, -0.1) is 0 Å². The molecular formula is C21H26BNO2. The highest BCUT2D eigenvalue weighted by Gasteiger charge is 2.52. The van der Waals surface area contributed by atoms with Crippen LogP contribution in [0.1, 0.15) is 52.7 Å². The van der Waals surface area contributed by atoms with Gasteiger partial charge in [0.25, 0.3) is 0 Å². The fourth-order valence-electron chi connectivity index (χ4n) is 3.74. The molecule has 0 amide bonds. The van der Waals surface area contributed by atoms with Crippen molar-refractivity contribution in [3.63, 3.8) is 0 Å². The fourth-order valence-corrected chi connectivity index (χ4v) is 3.74. The summed E-state index contributed by atoms with van der Waals surface area (Å²) in [6.07, 6.45) is 0. The van der Waals surface area contributed by atoms with Crippen molar-refractivity contribution in [1.82, 2.24) is 0 Å². The first-order valence-corrected chi connectivity index (χ1v) is 8.98. The number of rotatable bonds is 1. The SMILES string of the molecule is CC1(C)c2ccccc2Nc2ccc(B3OC(C)(C)C(C)(C)O3)cc21. The quantitative estimate of drug-likeness (QED) is 0.785. The summed E-state index contributed by atoms with van der Waals surface area (Å²) >= 11 is 0. The molecule has 2 aromatic rings. The molecule has 0 saturated carbocycles. The lowest BCUT2D eigenvalue weighted by Crippen LogP contribution is -2.41. The van der Waals surface area contributed by atoms with Gasteiger partial charge >= 0.3 is 7.12 Å². The minimum atomic E-state index is -0.330. The average Bonchev–Trinajstić information content (AvgIpc) is 2.75. The van der Waals surface area contributed by atoms with Crippen LogP contribution in [0.2, 0.25) is 0 Å². The number of benzene rings is 2. The maximum absolute atomic E-state index is 6.24. The molecular weight excluding hydrogens is 309 g/mol. The molecule has 0 spiro atoms. The Morgan fingerprint density at radius 2 is 1.36 bits per heavy atom. The van der Waals surface area contributed by atoms with E-state index < -0.39 is 0 Å². The van der Waals surface area contributed by atoms with Crippen LogP contribution in [0, 0.1) is 0 Å². The monoisotopic (exact) mass is 335 g/mol. The van der Waals surface area contributed by atoms with Crippen molar-refractivity contribution in [2.75, 3.05) is 5.32 Å². The third-order valence-corrected chi connectivity index (χ3v) is 6.11. The molecule has 130 valence electrons. The van der Waals surface area contributed by atoms with Crippen molar-refractivity contribution in [2.24, 2.45) is 0 Å². The highest BCUT2D eigenvalue weighted by Crippen LogP contribution is 2.45. The minimum Gasteiger partial charge on any atom is -0.399 e. The highest BCUT2D eigenvalue weighted by atomic mass is 16.7. The molecule has 0 unspecified atom stereocenters. The largest absolute Gasteiger partial charge is 0.494 e. The van der Waals surface area contributed by atoms with Gasteiger partial charge < -0.3 is 14.6 Å². The first-order chi connectivity index (χ1) is 11.6. The van der Waals surface area contributed by atoms with Crippen LogP contribution in [0.25, 0.3) is 0 Å². The Bertz CT molecular complexity index is 826. The number of fused-ring (bicyclic) bond motifs is 2. The summed E-state index contributed by atoms with van der Waals surface area (Å²) in [7, 11) is -0.330. The first kappa shape index (κ1) is 16.7. The zero-order chi connectivity index (χ0) is 18.0. The van der Waals surface area contributed by atoms with Gasteiger partial charge in [-0.2, -0.15) is 0 Å². The first-order valence-electron chi connectivity index (χ1n) is 8.98. The molecule has 25 heavy (non-hydrogen) atoms. The Hall–Kier alpha value is -1.78. The van der Waals surface area contributed by atoms with E-state index in [1.165, 1.54) is 16.8 Å². The van der Waals surface area contributed by atoms with E-state index in [0.717, 1.165) is 11.2 Å². The molecule has 2 aliphatic heterocycles. The van der Waals surface area contributed by atoms with E-state index in [-0.39, 0.29) is 23.7 Å². The lowest BCUT2D eigenvalue weighted by Gasteiger charge is -2.36. The van der Waals surface area contributed by atoms with E-state index in [0.29, 0.717) is 0 Å². The van der Waals surface area contributed by atoms with Crippen LogP contribution in [0.4, 0.5) is 11.4 Å². The van der Waals surface area contributed by atoms with Gasteiger partial charge in [0.1, 0.15) is 0 Å². The maximum Gasteiger partial charge on any atom is 0.494 e. The van der Waals surface area contributed by atoms with E-state index in [1.807, 2.05) is 0 Å². The molecule has 1 saturated heterocycles. The Morgan fingerprint density at radius 1 is 0.760 bits per heavy atom. The van der Waals surface area contributed by atoms with Gasteiger partial charge in [0.05, 0.1) is 11.2 Å². The Labute approximate surface area is 150 Å². The third kappa shape index (κ3) is 2.43. The van der Waals surface area contributed by atoms with Gasteiger partial charge in [-0.05, 0) is 56.4 Å². The van der Waals surface area contributed by atoms with Gasteiger partial charge in [-0.1, -0.05) is 44.2 Å². The summed E-state index contributed by atoms with van der Waals surface area (Å²) in [6.45, 7) is 12.9. The molecule has 1 N–H and O–H groups in total. The van der Waals surface area contributed by atoms with Crippen LogP contribution in [0.3, 0.4) is 0 Å². The lowest BCUT2D eigenvalue weighted by molar-refractivity contribution is 0.00578. The Morgan fingerprint density at radius 3 is 2.04 bits per heavy atom. The highest BCUT2D eigenvalue weighted by molar-refractivity contribution is 6.62. The number of hydrogen-bond donors (Lipinski definition) is 1. The molecule has 0 aliphatic carbocycles. The number of para-hydroxylation sites is 1. The van der Waals surface area contributed by atoms with Gasteiger partial charge in [0.15, 0.2) is 0 Å². The molecule has 3 nitrogen and oxygen atoms in total. The maximum atomic E-state index is 6.24. The lowest BCUT2D eigenvalue weighted by atomic mass is 9.70. The molecule has 4 rings (SSSR count). The number of anilines is 2. The van der Waals surface area contributed by atoms with Crippen molar-refractivity contribution >= 4 is 24.0 Å². The minimum absolute atomic E-state index is 0.0726. The second-order valence-corrected chi connectivity index (χ2v) is 8.69. The Kier molecular flexibility index (Phi) is 3.42. The van der Waals surface area contributed by atoms with Crippen molar-refractivity contribution in [2.45, 2.75) is 58.2 Å². The fraction of sp³-hybridized carbons (Fsp3) is 0.429. The number of hydrogen-bond acceptors (Lipinski definition) is 3. The summed E-state index contributed by atoms with van der Waals surface area (Å²) < 4.78 is 12.5. The topological polar surface area (TPSA) is 30.5 Å². The van der Waals surface area contributed by atoms with Gasteiger partial charge in [-0.25, -0.2) is 0 Å². The summed E-state index contributed by atoms with van der Waals surface area (Å²) in [5.74, 6) is 0. The third-order valence-electron chi connectivity index (χ3n) is 6.11. The summed E-state index contributed by atoms with van der Waals surface area (Å²) in [5.41, 5.74) is 5.28. The van der Waals surface area contributed by atoms with E-state index in [2.05, 4.69) is 89.3 Å². The predicted molar refractivity (Wildman–Crippen MR) is 104 cm³/mol. The molecule has 0 aromatic heterocycles. The van der Waals surface area contributed by atoms with Crippen LogP contribution < -0.4 is 10.8 Å². The zero-order valence-corrected chi connectivity index (χ0v) is 15.9. The molecule has 1 fully saturated rings. The molecule has 4 heteroatoms. The second-order valence-electron chi connectivity index (χ2n) is 8.69. The summed E-state index contributed by atoms with van der Waals surface area (Å²) in [4.78, 5) is 0. The summed E-state index contributed by atoms with van der Waals surface area (Å²) in [5, 5.41) is 3.56. The van der Waals surface area contributed by atoms with E-state index in [4.69, 9.17) is 9.31 Å². The molecule has 0 bridgehead atoms. The zero-order valence-electron chi connectivity index (χ0n) is 15.9. The molecule has 0 atom stereocenters. The van der Waals surface area contributed by atoms with Crippen molar-refractivity contribution in [1.29, 1.82) is 0 Å². The normalized spacial score (nSPS) is 22.1. The van der Waals surface area contributed by atoms with E-state index in [9.17, 15) is 0 Å². The molecule has 0 radical (unpaired) electrons. The van der Waals surface area contributed by atoms with E-state index >= 15 is 0 Å². The van der Waals surface area contributed by atoms with E-state index in [1.54, 1.807) is 0 Å². The van der Waals surface area contributed by atoms with Crippen molar-refractivity contribution in [3.8, 4) is 0 Å². The van der Waals surface area contributed by atoms with Crippen LogP contribution in [0.15, 0.2) is 42.5 Å². The smallest absolute Gasteiger partial charge is 0.399 e. The van der Waals surface area contributed by atoms with Gasteiger partial charge in [0, 0.05) is 16.8 Å². The Balaban J connectivity index is 1.75. The van der Waals surface area contributed by atoms with Crippen LogP contribution in [-0.4, -0.2) is 18.3 Å². The van der Waals surface area contributed by atoms with Crippen molar-refractivity contribution < 1.29 is 9.31 Å². The standard InChI is InChI=1S/C21H26BNO2/c1-19(2)15-9-7-8-10-17(15)23-18-12-11-14(13-16(18)19)22-24-20(3,4)21(5,6)25-22/h7-13,23H,1-6H3. The second kappa shape index (κ2) is 5.12. The molecule has 2 aromatic carbocycles. The summed E-state index contributed by atoms with van der Waals surface area (Å²) in [6, 6.07) is 15.0. The molecule has 2 aliphatic rings. The number of nitrogens with one attached hydrogen (secondary N) is 1. The van der Waals surface area contributed by atoms with Crippen LogP contribution in [-0.2, 0) is 14.7 Å². The van der Waals surface area contributed by atoms with Crippen molar-refractivity contribution in [3.05, 3.63) is 53.6 Å².